The van der Waals surface area contributed by atoms with Crippen LogP contribution in [0.2, 0.25) is 0 Å². The second kappa shape index (κ2) is 3.42. The standard InChI is InChI=1S/C12H16N2O/c1-9-3-2-4-11-12(9)14-5-6-15-8-10(14)7-13-11/h2-4,10,13H,5-8H2,1H3. The number of para-hydroxylation sites is 1. The summed E-state index contributed by atoms with van der Waals surface area (Å²) >= 11 is 0. The van der Waals surface area contributed by atoms with E-state index < -0.39 is 0 Å². The summed E-state index contributed by atoms with van der Waals surface area (Å²) in [7, 11) is 0. The molecular weight excluding hydrogens is 188 g/mol. The van der Waals surface area contributed by atoms with Gasteiger partial charge in [0, 0.05) is 13.1 Å². The fraction of sp³-hybridized carbons (Fsp3) is 0.500. The molecule has 3 nitrogen and oxygen atoms in total. The first-order valence-electron chi connectivity index (χ1n) is 5.54. The lowest BCUT2D eigenvalue weighted by Crippen LogP contribution is -2.52. The Balaban J connectivity index is 2.05. The number of morpholine rings is 1. The molecule has 2 heterocycles. The maximum atomic E-state index is 5.51. The van der Waals surface area contributed by atoms with Crippen molar-refractivity contribution in [2.75, 3.05) is 36.5 Å². The van der Waals surface area contributed by atoms with E-state index in [0.717, 1.165) is 26.3 Å². The van der Waals surface area contributed by atoms with E-state index in [2.05, 4.69) is 35.3 Å². The molecule has 0 aromatic heterocycles. The van der Waals surface area contributed by atoms with E-state index in [4.69, 9.17) is 4.74 Å². The maximum absolute atomic E-state index is 5.51. The van der Waals surface area contributed by atoms with Crippen LogP contribution >= 0.6 is 0 Å². The molecular formula is C12H16N2O. The van der Waals surface area contributed by atoms with Crippen LogP contribution in [0.5, 0.6) is 0 Å². The first-order chi connectivity index (χ1) is 7.36. The van der Waals surface area contributed by atoms with Crippen molar-refractivity contribution in [2.45, 2.75) is 13.0 Å². The topological polar surface area (TPSA) is 24.5 Å². The van der Waals surface area contributed by atoms with Gasteiger partial charge in [-0.05, 0) is 18.6 Å². The number of ether oxygens (including phenoxy) is 1. The van der Waals surface area contributed by atoms with Gasteiger partial charge in [-0.1, -0.05) is 12.1 Å². The van der Waals surface area contributed by atoms with E-state index >= 15 is 0 Å². The summed E-state index contributed by atoms with van der Waals surface area (Å²) in [6.45, 7) is 5.89. The number of rotatable bonds is 0. The van der Waals surface area contributed by atoms with Crippen molar-refractivity contribution in [1.82, 2.24) is 0 Å². The number of hydrogen-bond acceptors (Lipinski definition) is 3. The molecule has 15 heavy (non-hydrogen) atoms. The molecule has 0 aliphatic carbocycles. The normalized spacial score (nSPS) is 24.1. The van der Waals surface area contributed by atoms with Crippen LogP contribution in [0, 0.1) is 6.92 Å². The predicted molar refractivity (Wildman–Crippen MR) is 61.6 cm³/mol. The van der Waals surface area contributed by atoms with E-state index in [-0.39, 0.29) is 0 Å². The van der Waals surface area contributed by atoms with Crippen LogP contribution in [0.15, 0.2) is 18.2 Å². The molecule has 3 heteroatoms. The Morgan fingerprint density at radius 2 is 2.40 bits per heavy atom. The average Bonchev–Trinajstić information content (AvgIpc) is 2.29. The van der Waals surface area contributed by atoms with Gasteiger partial charge in [-0.3, -0.25) is 0 Å². The van der Waals surface area contributed by atoms with Crippen LogP contribution in [0.25, 0.3) is 0 Å². The molecule has 0 amide bonds. The van der Waals surface area contributed by atoms with Crippen molar-refractivity contribution in [1.29, 1.82) is 0 Å². The number of aryl methyl sites for hydroxylation is 1. The lowest BCUT2D eigenvalue weighted by molar-refractivity contribution is 0.0963. The van der Waals surface area contributed by atoms with Crippen LogP contribution in [-0.4, -0.2) is 32.3 Å². The summed E-state index contributed by atoms with van der Waals surface area (Å²) in [4.78, 5) is 2.49. The predicted octanol–water partition coefficient (Wildman–Crippen LogP) is 1.63. The summed E-state index contributed by atoms with van der Waals surface area (Å²) in [5.74, 6) is 0. The summed E-state index contributed by atoms with van der Waals surface area (Å²) in [5, 5.41) is 3.48. The molecule has 0 spiro atoms. The number of nitrogens with one attached hydrogen (secondary N) is 1. The van der Waals surface area contributed by atoms with Crippen LogP contribution in [0.3, 0.4) is 0 Å². The number of benzene rings is 1. The number of nitrogens with zero attached hydrogens (tertiary/aromatic N) is 1. The minimum Gasteiger partial charge on any atom is -0.381 e. The molecule has 1 unspecified atom stereocenters. The molecule has 1 aromatic carbocycles. The molecule has 0 saturated carbocycles. The highest BCUT2D eigenvalue weighted by Crippen LogP contribution is 2.35. The van der Waals surface area contributed by atoms with Crippen molar-refractivity contribution in [2.24, 2.45) is 0 Å². The van der Waals surface area contributed by atoms with Crippen LogP contribution < -0.4 is 10.2 Å². The highest BCUT2D eigenvalue weighted by Gasteiger charge is 2.29. The summed E-state index contributed by atoms with van der Waals surface area (Å²) in [6, 6.07) is 6.96. The molecule has 0 radical (unpaired) electrons. The molecule has 1 atom stereocenters. The minimum absolute atomic E-state index is 0.507. The molecule has 1 aromatic rings. The zero-order chi connectivity index (χ0) is 10.3. The zero-order valence-electron chi connectivity index (χ0n) is 8.99. The second-order valence-corrected chi connectivity index (χ2v) is 4.27. The van der Waals surface area contributed by atoms with E-state index in [0.29, 0.717) is 6.04 Å². The number of hydrogen-bond donors (Lipinski definition) is 1. The van der Waals surface area contributed by atoms with Crippen molar-refractivity contribution in [3.8, 4) is 0 Å². The van der Waals surface area contributed by atoms with Crippen molar-refractivity contribution in [3.05, 3.63) is 23.8 Å². The fourth-order valence-corrected chi connectivity index (χ4v) is 2.53. The third kappa shape index (κ3) is 1.38. The van der Waals surface area contributed by atoms with Crippen LogP contribution in [-0.2, 0) is 4.74 Å². The van der Waals surface area contributed by atoms with Crippen LogP contribution in [0.4, 0.5) is 11.4 Å². The first kappa shape index (κ1) is 9.04. The van der Waals surface area contributed by atoms with Gasteiger partial charge in [0.2, 0.25) is 0 Å². The zero-order valence-corrected chi connectivity index (χ0v) is 8.99. The van der Waals surface area contributed by atoms with E-state index in [1.54, 1.807) is 0 Å². The van der Waals surface area contributed by atoms with Gasteiger partial charge in [0.15, 0.2) is 0 Å². The SMILES string of the molecule is Cc1cccc2c1N1CCOCC1CN2. The monoisotopic (exact) mass is 204 g/mol. The van der Waals surface area contributed by atoms with E-state index in [1.807, 2.05) is 0 Å². The lowest BCUT2D eigenvalue weighted by atomic mass is 10.0. The number of fused-ring (bicyclic) bond motifs is 3. The van der Waals surface area contributed by atoms with Crippen LogP contribution in [0.1, 0.15) is 5.56 Å². The molecule has 2 aliphatic rings. The van der Waals surface area contributed by atoms with Gasteiger partial charge in [-0.15, -0.1) is 0 Å². The highest BCUT2D eigenvalue weighted by molar-refractivity contribution is 5.76. The van der Waals surface area contributed by atoms with Gasteiger partial charge < -0.3 is 15.0 Å². The Morgan fingerprint density at radius 1 is 1.47 bits per heavy atom. The van der Waals surface area contributed by atoms with Crippen molar-refractivity contribution < 1.29 is 4.74 Å². The fourth-order valence-electron chi connectivity index (χ4n) is 2.53. The van der Waals surface area contributed by atoms with E-state index in [9.17, 15) is 0 Å². The van der Waals surface area contributed by atoms with Gasteiger partial charge >= 0.3 is 0 Å². The third-order valence-electron chi connectivity index (χ3n) is 3.28. The van der Waals surface area contributed by atoms with Gasteiger partial charge in [0.1, 0.15) is 0 Å². The van der Waals surface area contributed by atoms with Crippen molar-refractivity contribution in [3.63, 3.8) is 0 Å². The Morgan fingerprint density at radius 3 is 3.33 bits per heavy atom. The number of anilines is 2. The lowest BCUT2D eigenvalue weighted by Gasteiger charge is -2.43. The summed E-state index contributed by atoms with van der Waals surface area (Å²) in [6.07, 6.45) is 0. The Hall–Kier alpha value is -1.22. The molecule has 3 rings (SSSR count). The van der Waals surface area contributed by atoms with E-state index in [1.165, 1.54) is 16.9 Å². The molecule has 2 aliphatic heterocycles. The Labute approximate surface area is 90.0 Å². The molecule has 80 valence electrons. The summed E-state index contributed by atoms with van der Waals surface area (Å²) in [5.41, 5.74) is 4.00. The molecule has 1 saturated heterocycles. The van der Waals surface area contributed by atoms with Gasteiger partial charge in [0.05, 0.1) is 30.6 Å². The average molecular weight is 204 g/mol. The van der Waals surface area contributed by atoms with Gasteiger partial charge in [-0.2, -0.15) is 0 Å². The molecule has 0 bridgehead atoms. The molecule has 1 fully saturated rings. The Kier molecular flexibility index (Phi) is 2.06. The highest BCUT2D eigenvalue weighted by atomic mass is 16.5. The second-order valence-electron chi connectivity index (χ2n) is 4.27. The molecule has 1 N–H and O–H groups in total. The first-order valence-corrected chi connectivity index (χ1v) is 5.54. The third-order valence-corrected chi connectivity index (χ3v) is 3.28. The smallest absolute Gasteiger partial charge is 0.0697 e. The van der Waals surface area contributed by atoms with Gasteiger partial charge in [-0.25, -0.2) is 0 Å². The Bertz CT molecular complexity index is 378. The summed E-state index contributed by atoms with van der Waals surface area (Å²) < 4.78 is 5.51. The quantitative estimate of drug-likeness (QED) is 0.695. The van der Waals surface area contributed by atoms with Gasteiger partial charge in [0.25, 0.3) is 0 Å². The largest absolute Gasteiger partial charge is 0.381 e. The maximum Gasteiger partial charge on any atom is 0.0697 e. The van der Waals surface area contributed by atoms with Crippen molar-refractivity contribution >= 4 is 11.4 Å². The minimum atomic E-state index is 0.507.